The Morgan fingerprint density at radius 1 is 1.06 bits per heavy atom. The summed E-state index contributed by atoms with van der Waals surface area (Å²) in [6, 6.07) is 14.0. The fourth-order valence-corrected chi connectivity index (χ4v) is 4.59. The molecule has 0 bridgehead atoms. The highest BCUT2D eigenvalue weighted by Gasteiger charge is 2.36. The number of nitrogens with one attached hydrogen (secondary N) is 2. The summed E-state index contributed by atoms with van der Waals surface area (Å²) in [6.45, 7) is 10.00. The molecule has 172 valence electrons. The Balaban J connectivity index is 1.52. The van der Waals surface area contributed by atoms with E-state index in [0.29, 0.717) is 18.8 Å². The molecule has 2 aromatic carbocycles. The number of aliphatic hydroxyl groups is 1. The third-order valence-electron chi connectivity index (χ3n) is 6.45. The maximum atomic E-state index is 13.0. The zero-order chi connectivity index (χ0) is 23.8. The summed E-state index contributed by atoms with van der Waals surface area (Å²) in [5.74, 6) is -0.225. The number of rotatable bonds is 6. The third-order valence-corrected chi connectivity index (χ3v) is 6.45. The Morgan fingerprint density at radius 3 is 2.24 bits per heavy atom. The first-order chi connectivity index (χ1) is 15.7. The second-order valence-corrected chi connectivity index (χ2v) is 9.30. The van der Waals surface area contributed by atoms with Crippen molar-refractivity contribution in [1.29, 1.82) is 0 Å². The molecule has 4 rings (SSSR count). The number of hydrogen-bond donors (Lipinski definition) is 3. The maximum absolute atomic E-state index is 13.0. The monoisotopic (exact) mass is 444 g/mol. The standard InChI is InChI=1S/C27H32N4O2/c1-17-12-25(29-13-20(17)14-31-15-27(4,33)16-31)26(32)30-24-11-7-9-22(19(24)3)21-8-6-10-23(28-5)18(21)2/h6-13,28,33H,14-16H2,1-5H3,(H,30,32). The van der Waals surface area contributed by atoms with Crippen LogP contribution in [-0.2, 0) is 6.54 Å². The van der Waals surface area contributed by atoms with Gasteiger partial charge >= 0.3 is 0 Å². The summed E-state index contributed by atoms with van der Waals surface area (Å²) >= 11 is 0. The second kappa shape index (κ2) is 8.96. The predicted octanol–water partition coefficient (Wildman–Crippen LogP) is 4.53. The van der Waals surface area contributed by atoms with Crippen LogP contribution in [0.1, 0.15) is 39.7 Å². The molecule has 0 aliphatic carbocycles. The molecule has 1 aliphatic heterocycles. The lowest BCUT2D eigenvalue weighted by Gasteiger charge is -2.44. The first-order valence-electron chi connectivity index (χ1n) is 11.3. The van der Waals surface area contributed by atoms with Gasteiger partial charge in [-0.15, -0.1) is 0 Å². The molecule has 0 saturated carbocycles. The fraction of sp³-hybridized carbons (Fsp3) is 0.333. The molecular formula is C27H32N4O2. The summed E-state index contributed by atoms with van der Waals surface area (Å²) in [4.78, 5) is 19.6. The SMILES string of the molecule is CNc1cccc(-c2cccc(NC(=O)c3cc(C)c(CN4CC(C)(O)C4)cn3)c2C)c1C. The molecule has 2 heterocycles. The molecule has 0 spiro atoms. The Hall–Kier alpha value is -3.22. The van der Waals surface area contributed by atoms with Crippen molar-refractivity contribution in [2.45, 2.75) is 39.8 Å². The van der Waals surface area contributed by atoms with Gasteiger partial charge in [0, 0.05) is 44.3 Å². The van der Waals surface area contributed by atoms with E-state index in [1.807, 2.05) is 52.1 Å². The van der Waals surface area contributed by atoms with Crippen LogP contribution >= 0.6 is 0 Å². The first-order valence-corrected chi connectivity index (χ1v) is 11.3. The number of hydrogen-bond acceptors (Lipinski definition) is 5. The van der Waals surface area contributed by atoms with Crippen molar-refractivity contribution in [2.24, 2.45) is 0 Å². The maximum Gasteiger partial charge on any atom is 0.274 e. The summed E-state index contributed by atoms with van der Waals surface area (Å²) in [5, 5.41) is 16.2. The second-order valence-electron chi connectivity index (χ2n) is 9.30. The molecule has 3 N–H and O–H groups in total. The molecule has 1 amide bonds. The number of amides is 1. The summed E-state index contributed by atoms with van der Waals surface area (Å²) in [6.07, 6.45) is 1.77. The number of β-amino-alcohol motifs (C(OH)–C–C–N with tert-alkyl or cyclic N) is 1. The van der Waals surface area contributed by atoms with Crippen molar-refractivity contribution in [2.75, 3.05) is 30.8 Å². The minimum Gasteiger partial charge on any atom is -0.388 e. The van der Waals surface area contributed by atoms with Gasteiger partial charge in [0.1, 0.15) is 5.69 Å². The average molecular weight is 445 g/mol. The molecule has 0 unspecified atom stereocenters. The highest BCUT2D eigenvalue weighted by molar-refractivity contribution is 6.04. The van der Waals surface area contributed by atoms with E-state index in [-0.39, 0.29) is 5.91 Å². The van der Waals surface area contributed by atoms with Crippen LogP contribution in [0.2, 0.25) is 0 Å². The number of pyridine rings is 1. The van der Waals surface area contributed by atoms with E-state index in [4.69, 9.17) is 0 Å². The lowest BCUT2D eigenvalue weighted by molar-refractivity contribution is -0.0872. The fourth-order valence-electron chi connectivity index (χ4n) is 4.59. The molecule has 6 nitrogen and oxygen atoms in total. The van der Waals surface area contributed by atoms with E-state index in [1.165, 1.54) is 5.56 Å². The van der Waals surface area contributed by atoms with Crippen LogP contribution in [0.3, 0.4) is 0 Å². The lowest BCUT2D eigenvalue weighted by Crippen LogP contribution is -2.59. The molecule has 6 heteroatoms. The minimum atomic E-state index is -0.597. The van der Waals surface area contributed by atoms with Gasteiger partial charge in [-0.2, -0.15) is 0 Å². The van der Waals surface area contributed by atoms with Gasteiger partial charge in [0.05, 0.1) is 5.60 Å². The van der Waals surface area contributed by atoms with Crippen molar-refractivity contribution in [1.82, 2.24) is 9.88 Å². The van der Waals surface area contributed by atoms with Gasteiger partial charge in [-0.25, -0.2) is 0 Å². The van der Waals surface area contributed by atoms with E-state index in [0.717, 1.165) is 45.7 Å². The van der Waals surface area contributed by atoms with Gasteiger partial charge in [0.2, 0.25) is 0 Å². The molecule has 1 saturated heterocycles. The number of benzene rings is 2. The van der Waals surface area contributed by atoms with Crippen LogP contribution in [0.15, 0.2) is 48.7 Å². The first kappa shape index (κ1) is 23.0. The van der Waals surface area contributed by atoms with Crippen molar-refractivity contribution >= 4 is 17.3 Å². The zero-order valence-electron chi connectivity index (χ0n) is 20.0. The van der Waals surface area contributed by atoms with Crippen LogP contribution in [0, 0.1) is 20.8 Å². The molecule has 3 aromatic rings. The van der Waals surface area contributed by atoms with Gasteiger partial charge in [-0.1, -0.05) is 24.3 Å². The Morgan fingerprint density at radius 2 is 1.67 bits per heavy atom. The molecule has 33 heavy (non-hydrogen) atoms. The van der Waals surface area contributed by atoms with Gasteiger partial charge in [-0.05, 0) is 79.3 Å². The van der Waals surface area contributed by atoms with E-state index >= 15 is 0 Å². The average Bonchev–Trinajstić information content (AvgIpc) is 2.75. The largest absolute Gasteiger partial charge is 0.388 e. The Labute approximate surface area is 195 Å². The van der Waals surface area contributed by atoms with Gasteiger partial charge in [0.25, 0.3) is 5.91 Å². The van der Waals surface area contributed by atoms with Crippen LogP contribution in [0.25, 0.3) is 11.1 Å². The van der Waals surface area contributed by atoms with Crippen LogP contribution in [0.5, 0.6) is 0 Å². The van der Waals surface area contributed by atoms with Crippen LogP contribution in [0.4, 0.5) is 11.4 Å². The summed E-state index contributed by atoms with van der Waals surface area (Å²) < 4.78 is 0. The number of aromatic nitrogens is 1. The number of likely N-dealkylation sites (tertiary alicyclic amines) is 1. The van der Waals surface area contributed by atoms with Crippen LogP contribution in [-0.4, -0.2) is 46.6 Å². The number of carbonyl (C=O) groups is 1. The molecule has 0 radical (unpaired) electrons. The predicted molar refractivity (Wildman–Crippen MR) is 134 cm³/mol. The molecule has 1 fully saturated rings. The number of carbonyl (C=O) groups excluding carboxylic acids is 1. The third kappa shape index (κ3) is 4.77. The molecule has 1 aromatic heterocycles. The van der Waals surface area contributed by atoms with Crippen molar-refractivity contribution < 1.29 is 9.90 Å². The molecule has 0 atom stereocenters. The van der Waals surface area contributed by atoms with E-state index in [1.54, 1.807) is 6.20 Å². The van der Waals surface area contributed by atoms with Crippen molar-refractivity contribution in [3.63, 3.8) is 0 Å². The summed E-state index contributed by atoms with van der Waals surface area (Å²) in [7, 11) is 1.92. The minimum absolute atomic E-state index is 0.225. The smallest absolute Gasteiger partial charge is 0.274 e. The highest BCUT2D eigenvalue weighted by atomic mass is 16.3. The number of nitrogens with zero attached hydrogens (tertiary/aromatic N) is 2. The molecule has 1 aliphatic rings. The lowest BCUT2D eigenvalue weighted by atomic mass is 9.94. The number of anilines is 2. The van der Waals surface area contributed by atoms with Gasteiger partial charge < -0.3 is 15.7 Å². The van der Waals surface area contributed by atoms with Crippen LogP contribution < -0.4 is 10.6 Å². The Kier molecular flexibility index (Phi) is 6.23. The van der Waals surface area contributed by atoms with Gasteiger partial charge in [0.15, 0.2) is 0 Å². The van der Waals surface area contributed by atoms with E-state index < -0.39 is 5.60 Å². The molecular weight excluding hydrogens is 412 g/mol. The van der Waals surface area contributed by atoms with E-state index in [9.17, 15) is 9.90 Å². The van der Waals surface area contributed by atoms with Crippen molar-refractivity contribution in [3.8, 4) is 11.1 Å². The zero-order valence-corrected chi connectivity index (χ0v) is 20.0. The van der Waals surface area contributed by atoms with Gasteiger partial charge in [-0.3, -0.25) is 14.7 Å². The normalized spacial score (nSPS) is 15.1. The topological polar surface area (TPSA) is 77.5 Å². The quantitative estimate of drug-likeness (QED) is 0.521. The highest BCUT2D eigenvalue weighted by Crippen LogP contribution is 2.33. The Bertz CT molecular complexity index is 1190. The number of aryl methyl sites for hydroxylation is 1. The summed E-state index contributed by atoms with van der Waals surface area (Å²) in [5.41, 5.74) is 8.16. The van der Waals surface area contributed by atoms with Crippen molar-refractivity contribution in [3.05, 3.63) is 76.6 Å². The van der Waals surface area contributed by atoms with E-state index in [2.05, 4.69) is 45.6 Å².